The van der Waals surface area contributed by atoms with Gasteiger partial charge in [0.1, 0.15) is 5.75 Å². The van der Waals surface area contributed by atoms with Crippen LogP contribution in [-0.2, 0) is 9.53 Å². The van der Waals surface area contributed by atoms with Crippen LogP contribution in [0.3, 0.4) is 0 Å². The number of rotatable bonds is 4. The molecule has 3 fully saturated rings. The molecular formula is C20H26N2O3. The molecule has 3 atom stereocenters. The number of hydrogen-bond acceptors (Lipinski definition) is 4. The first kappa shape index (κ1) is 15.6. The molecule has 134 valence electrons. The van der Waals surface area contributed by atoms with Crippen molar-refractivity contribution < 1.29 is 14.3 Å². The van der Waals surface area contributed by atoms with Crippen molar-refractivity contribution in [3.63, 3.8) is 0 Å². The predicted molar refractivity (Wildman–Crippen MR) is 93.3 cm³/mol. The third-order valence-corrected chi connectivity index (χ3v) is 6.42. The summed E-state index contributed by atoms with van der Waals surface area (Å²) in [4.78, 5) is 17.6. The molecule has 1 amide bonds. The van der Waals surface area contributed by atoms with Gasteiger partial charge < -0.3 is 14.4 Å². The SMILES string of the molecule is COC1CN(C(=O)[C@@H]2CN(CC3CC3)[C@H]3c4ccccc4OC[C@@H]23)C1. The molecule has 0 aromatic heterocycles. The Hall–Kier alpha value is -1.59. The monoisotopic (exact) mass is 342 g/mol. The van der Waals surface area contributed by atoms with Crippen molar-refractivity contribution in [1.29, 1.82) is 0 Å². The first-order valence-corrected chi connectivity index (χ1v) is 9.52. The van der Waals surface area contributed by atoms with Crippen LogP contribution >= 0.6 is 0 Å². The van der Waals surface area contributed by atoms with Crippen molar-refractivity contribution in [1.82, 2.24) is 9.80 Å². The molecule has 0 unspecified atom stereocenters. The van der Waals surface area contributed by atoms with Crippen LogP contribution in [0.5, 0.6) is 5.75 Å². The van der Waals surface area contributed by atoms with E-state index in [2.05, 4.69) is 23.1 Å². The van der Waals surface area contributed by atoms with Gasteiger partial charge in [-0.15, -0.1) is 0 Å². The summed E-state index contributed by atoms with van der Waals surface area (Å²) in [5.41, 5.74) is 1.27. The van der Waals surface area contributed by atoms with Crippen LogP contribution in [0.15, 0.2) is 24.3 Å². The van der Waals surface area contributed by atoms with Crippen molar-refractivity contribution in [2.75, 3.05) is 39.9 Å². The van der Waals surface area contributed by atoms with Crippen molar-refractivity contribution in [2.45, 2.75) is 25.0 Å². The number of carbonyl (C=O) groups excluding carboxylic acids is 1. The van der Waals surface area contributed by atoms with Crippen LogP contribution in [0.4, 0.5) is 0 Å². The highest BCUT2D eigenvalue weighted by Gasteiger charge is 2.51. The lowest BCUT2D eigenvalue weighted by molar-refractivity contribution is -0.148. The fourth-order valence-electron chi connectivity index (χ4n) is 4.75. The Morgan fingerprint density at radius 3 is 2.80 bits per heavy atom. The molecule has 1 aromatic carbocycles. The van der Waals surface area contributed by atoms with E-state index >= 15 is 0 Å². The lowest BCUT2D eigenvalue weighted by atomic mass is 9.84. The second kappa shape index (κ2) is 5.99. The number of amides is 1. The summed E-state index contributed by atoms with van der Waals surface area (Å²) in [5.74, 6) is 2.44. The summed E-state index contributed by atoms with van der Waals surface area (Å²) in [6, 6.07) is 8.71. The Balaban J connectivity index is 1.40. The van der Waals surface area contributed by atoms with Crippen LogP contribution < -0.4 is 4.74 Å². The van der Waals surface area contributed by atoms with Crippen molar-refractivity contribution >= 4 is 5.91 Å². The molecule has 5 rings (SSSR count). The van der Waals surface area contributed by atoms with Gasteiger partial charge in [0.15, 0.2) is 0 Å². The molecule has 0 N–H and O–H groups in total. The average molecular weight is 342 g/mol. The molecule has 1 saturated carbocycles. The van der Waals surface area contributed by atoms with Gasteiger partial charge in [0, 0.05) is 50.8 Å². The molecule has 1 aliphatic carbocycles. The highest BCUT2D eigenvalue weighted by Crippen LogP contribution is 2.49. The summed E-state index contributed by atoms with van der Waals surface area (Å²) in [7, 11) is 1.72. The van der Waals surface area contributed by atoms with E-state index < -0.39 is 0 Å². The van der Waals surface area contributed by atoms with Gasteiger partial charge in [-0.2, -0.15) is 0 Å². The van der Waals surface area contributed by atoms with Gasteiger partial charge in [-0.25, -0.2) is 0 Å². The second-order valence-electron chi connectivity index (χ2n) is 8.06. The minimum absolute atomic E-state index is 0.0508. The molecule has 5 heteroatoms. The van der Waals surface area contributed by atoms with Crippen molar-refractivity contribution in [2.24, 2.45) is 17.8 Å². The smallest absolute Gasteiger partial charge is 0.227 e. The Labute approximate surface area is 148 Å². The zero-order chi connectivity index (χ0) is 17.0. The van der Waals surface area contributed by atoms with E-state index in [4.69, 9.17) is 9.47 Å². The van der Waals surface area contributed by atoms with E-state index in [1.807, 2.05) is 11.0 Å². The minimum Gasteiger partial charge on any atom is -0.493 e. The molecule has 0 spiro atoms. The Morgan fingerprint density at radius 1 is 1.24 bits per heavy atom. The normalized spacial score (nSPS) is 31.9. The molecule has 5 nitrogen and oxygen atoms in total. The van der Waals surface area contributed by atoms with E-state index in [-0.39, 0.29) is 17.9 Å². The third kappa shape index (κ3) is 2.64. The van der Waals surface area contributed by atoms with Crippen LogP contribution in [0, 0.1) is 17.8 Å². The van der Waals surface area contributed by atoms with Crippen LogP contribution in [0.25, 0.3) is 0 Å². The van der Waals surface area contributed by atoms with E-state index in [0.717, 1.165) is 37.8 Å². The summed E-state index contributed by atoms with van der Waals surface area (Å²) in [6.07, 6.45) is 2.89. The maximum absolute atomic E-state index is 13.1. The molecule has 1 aromatic rings. The summed E-state index contributed by atoms with van der Waals surface area (Å²) in [6.45, 7) is 4.13. The summed E-state index contributed by atoms with van der Waals surface area (Å²) < 4.78 is 11.4. The third-order valence-electron chi connectivity index (χ3n) is 6.42. The van der Waals surface area contributed by atoms with E-state index in [9.17, 15) is 4.79 Å². The molecule has 2 saturated heterocycles. The fourth-order valence-corrected chi connectivity index (χ4v) is 4.75. The lowest BCUT2D eigenvalue weighted by Crippen LogP contribution is -2.57. The topological polar surface area (TPSA) is 42.0 Å². The van der Waals surface area contributed by atoms with E-state index in [1.165, 1.54) is 18.4 Å². The first-order chi connectivity index (χ1) is 12.2. The number of nitrogens with zero attached hydrogens (tertiary/aromatic N) is 2. The molecule has 0 bridgehead atoms. The number of methoxy groups -OCH3 is 1. The van der Waals surface area contributed by atoms with Crippen LogP contribution in [-0.4, -0.2) is 61.7 Å². The van der Waals surface area contributed by atoms with Crippen LogP contribution in [0.1, 0.15) is 24.4 Å². The van der Waals surface area contributed by atoms with Gasteiger partial charge in [0.25, 0.3) is 0 Å². The molecule has 0 radical (unpaired) electrons. The number of para-hydroxylation sites is 1. The molecule has 3 heterocycles. The van der Waals surface area contributed by atoms with E-state index in [1.54, 1.807) is 7.11 Å². The Bertz CT molecular complexity index is 669. The van der Waals surface area contributed by atoms with Crippen LogP contribution in [0.2, 0.25) is 0 Å². The largest absolute Gasteiger partial charge is 0.493 e. The molecule has 3 aliphatic heterocycles. The number of carbonyl (C=O) groups is 1. The zero-order valence-corrected chi connectivity index (χ0v) is 14.8. The van der Waals surface area contributed by atoms with Gasteiger partial charge in [-0.1, -0.05) is 18.2 Å². The molecule has 4 aliphatic rings. The van der Waals surface area contributed by atoms with Gasteiger partial charge in [0.2, 0.25) is 5.91 Å². The Kier molecular flexibility index (Phi) is 3.75. The maximum Gasteiger partial charge on any atom is 0.227 e. The highest BCUT2D eigenvalue weighted by atomic mass is 16.5. The number of fused-ring (bicyclic) bond motifs is 3. The van der Waals surface area contributed by atoms with E-state index in [0.29, 0.717) is 18.6 Å². The number of hydrogen-bond donors (Lipinski definition) is 0. The maximum atomic E-state index is 13.1. The standard InChI is InChI=1S/C20H26N2O3/c1-24-14-9-22(10-14)20(23)16-11-21(8-13-6-7-13)19-15-4-2-3-5-18(15)25-12-17(16)19/h2-5,13-14,16-17,19H,6-12H2,1H3/t16-,17+,19+/m1/s1. The predicted octanol–water partition coefficient (Wildman–Crippen LogP) is 1.94. The molecular weight excluding hydrogens is 316 g/mol. The zero-order valence-electron chi connectivity index (χ0n) is 14.8. The summed E-state index contributed by atoms with van der Waals surface area (Å²) >= 11 is 0. The average Bonchev–Trinajstić information content (AvgIpc) is 3.33. The minimum atomic E-state index is 0.0508. The first-order valence-electron chi connectivity index (χ1n) is 9.52. The second-order valence-corrected chi connectivity index (χ2v) is 8.06. The van der Waals surface area contributed by atoms with Gasteiger partial charge >= 0.3 is 0 Å². The lowest BCUT2D eigenvalue weighted by Gasteiger charge is -2.41. The van der Waals surface area contributed by atoms with Crippen molar-refractivity contribution in [3.05, 3.63) is 29.8 Å². The number of ether oxygens (including phenoxy) is 2. The molecule has 25 heavy (non-hydrogen) atoms. The Morgan fingerprint density at radius 2 is 2.04 bits per heavy atom. The van der Waals surface area contributed by atoms with Gasteiger partial charge in [0.05, 0.1) is 18.6 Å². The fraction of sp³-hybridized carbons (Fsp3) is 0.650. The highest BCUT2D eigenvalue weighted by molar-refractivity contribution is 5.81. The van der Waals surface area contributed by atoms with Gasteiger partial charge in [-0.3, -0.25) is 9.69 Å². The van der Waals surface area contributed by atoms with Gasteiger partial charge in [-0.05, 0) is 24.8 Å². The van der Waals surface area contributed by atoms with Crippen molar-refractivity contribution in [3.8, 4) is 5.75 Å². The number of benzene rings is 1. The summed E-state index contributed by atoms with van der Waals surface area (Å²) in [5, 5.41) is 0. The quantitative estimate of drug-likeness (QED) is 0.839. The number of likely N-dealkylation sites (tertiary alicyclic amines) is 2.